The third-order valence-corrected chi connectivity index (χ3v) is 5.66. The average molecular weight is 438 g/mol. The summed E-state index contributed by atoms with van der Waals surface area (Å²) in [6, 6.07) is 14.2. The molecule has 1 saturated heterocycles. The van der Waals surface area contributed by atoms with Crippen molar-refractivity contribution in [2.45, 2.75) is 0 Å². The molecular weight excluding hydrogens is 412 g/mol. The average Bonchev–Trinajstić information content (AvgIpc) is 2.83. The number of pyridine rings is 1. The van der Waals surface area contributed by atoms with Crippen LogP contribution in [-0.2, 0) is 0 Å². The van der Waals surface area contributed by atoms with Gasteiger partial charge in [0.15, 0.2) is 0 Å². The Morgan fingerprint density at radius 1 is 1.00 bits per heavy atom. The van der Waals surface area contributed by atoms with E-state index in [9.17, 15) is 10.0 Å². The highest BCUT2D eigenvalue weighted by molar-refractivity contribution is 5.91. The number of hydrogen-bond donors (Lipinski definition) is 1. The Kier molecular flexibility index (Phi) is 6.02. The van der Waals surface area contributed by atoms with Gasteiger partial charge in [-0.05, 0) is 12.1 Å². The molecule has 2 aromatic carbocycles. The Morgan fingerprint density at radius 2 is 1.66 bits per heavy atom. The Labute approximate surface area is 186 Å². The van der Waals surface area contributed by atoms with Crippen LogP contribution in [0, 0.1) is 5.21 Å². The lowest BCUT2D eigenvalue weighted by Crippen LogP contribution is -2.60. The number of aromatic nitrogens is 1. The van der Waals surface area contributed by atoms with Crippen LogP contribution in [0.15, 0.2) is 48.5 Å². The van der Waals surface area contributed by atoms with Crippen molar-refractivity contribution >= 4 is 28.3 Å². The van der Waals surface area contributed by atoms with Crippen molar-refractivity contribution in [2.24, 2.45) is 0 Å². The van der Waals surface area contributed by atoms with Crippen LogP contribution in [0.1, 0.15) is 0 Å². The standard InChI is InChI=1S/C23H26N4O5/c1-30-18-13-17(14-19(15-18)31-2)26-8-10-27(29,11-9-26)23(28)25-21-12-16-6-4-5-7-20(16)24-22(21)32-3/h4-7,12-15H,8-11H2,1-3H3,(H,25,28). The van der Waals surface area contributed by atoms with Gasteiger partial charge in [-0.3, -0.25) is 9.96 Å². The summed E-state index contributed by atoms with van der Waals surface area (Å²) in [4.78, 5) is 19.4. The summed E-state index contributed by atoms with van der Waals surface area (Å²) in [5, 5.41) is 16.9. The Bertz CT molecular complexity index is 1110. The predicted molar refractivity (Wildman–Crippen MR) is 122 cm³/mol. The van der Waals surface area contributed by atoms with Gasteiger partial charge < -0.3 is 24.3 Å². The normalized spacial score (nSPS) is 15.3. The molecule has 2 heterocycles. The van der Waals surface area contributed by atoms with E-state index in [4.69, 9.17) is 14.2 Å². The van der Waals surface area contributed by atoms with E-state index in [0.29, 0.717) is 30.3 Å². The number of methoxy groups -OCH3 is 3. The van der Waals surface area contributed by atoms with Crippen molar-refractivity contribution in [2.75, 3.05) is 57.7 Å². The maximum absolute atomic E-state index is 13.3. The van der Waals surface area contributed by atoms with Gasteiger partial charge in [0, 0.05) is 29.3 Å². The summed E-state index contributed by atoms with van der Waals surface area (Å²) in [7, 11) is 4.67. The van der Waals surface area contributed by atoms with Crippen LogP contribution in [-0.4, -0.2) is 63.2 Å². The molecule has 0 radical (unpaired) electrons. The second-order valence-electron chi connectivity index (χ2n) is 7.56. The van der Waals surface area contributed by atoms with E-state index >= 15 is 0 Å². The number of rotatable bonds is 5. The zero-order valence-electron chi connectivity index (χ0n) is 18.3. The minimum Gasteiger partial charge on any atom is -0.624 e. The molecule has 32 heavy (non-hydrogen) atoms. The lowest BCUT2D eigenvalue weighted by molar-refractivity contribution is -0.797. The summed E-state index contributed by atoms with van der Waals surface area (Å²) >= 11 is 0. The molecule has 0 atom stereocenters. The van der Waals surface area contributed by atoms with Gasteiger partial charge in [-0.15, -0.1) is 0 Å². The molecule has 4 rings (SSSR count). The number of hydrogen-bond acceptors (Lipinski definition) is 7. The maximum atomic E-state index is 13.3. The number of fused-ring (bicyclic) bond motifs is 1. The Balaban J connectivity index is 1.49. The molecule has 1 aliphatic heterocycles. The third kappa shape index (κ3) is 4.25. The fourth-order valence-electron chi connectivity index (χ4n) is 3.78. The molecule has 0 spiro atoms. The van der Waals surface area contributed by atoms with Gasteiger partial charge in [-0.25, -0.2) is 9.78 Å². The monoisotopic (exact) mass is 438 g/mol. The summed E-state index contributed by atoms with van der Waals surface area (Å²) in [5.41, 5.74) is 2.01. The smallest absolute Gasteiger partial charge is 0.421 e. The highest BCUT2D eigenvalue weighted by Crippen LogP contribution is 2.31. The molecule has 2 amide bonds. The number of nitrogens with one attached hydrogen (secondary N) is 1. The number of quaternary nitrogens is 1. The zero-order valence-corrected chi connectivity index (χ0v) is 18.3. The molecule has 1 aromatic heterocycles. The molecule has 9 nitrogen and oxygen atoms in total. The number of carbonyl (C=O) groups is 1. The van der Waals surface area contributed by atoms with Gasteiger partial charge in [0.2, 0.25) is 5.88 Å². The summed E-state index contributed by atoms with van der Waals surface area (Å²) in [6.07, 6.45) is 0. The molecule has 0 saturated carbocycles. The SMILES string of the molecule is COc1cc(OC)cc(N2CC[N+]([O-])(C(=O)Nc3cc4ccccc4nc3OC)CC2)c1. The molecule has 168 valence electrons. The summed E-state index contributed by atoms with van der Waals surface area (Å²) < 4.78 is 15.0. The van der Waals surface area contributed by atoms with Gasteiger partial charge in [-0.2, -0.15) is 0 Å². The van der Waals surface area contributed by atoms with E-state index < -0.39 is 10.7 Å². The van der Waals surface area contributed by atoms with Crippen molar-refractivity contribution in [1.82, 2.24) is 4.98 Å². The van der Waals surface area contributed by atoms with E-state index in [0.717, 1.165) is 16.6 Å². The van der Waals surface area contributed by atoms with E-state index in [2.05, 4.69) is 10.3 Å². The minimum absolute atomic E-state index is 0.106. The molecular formula is C23H26N4O5. The van der Waals surface area contributed by atoms with Crippen molar-refractivity contribution < 1.29 is 23.7 Å². The van der Waals surface area contributed by atoms with Crippen LogP contribution in [0.4, 0.5) is 16.2 Å². The lowest BCUT2D eigenvalue weighted by atomic mass is 10.2. The van der Waals surface area contributed by atoms with Crippen molar-refractivity contribution in [3.63, 3.8) is 0 Å². The Morgan fingerprint density at radius 3 is 2.28 bits per heavy atom. The molecule has 3 aromatic rings. The number of urea groups is 1. The van der Waals surface area contributed by atoms with Crippen LogP contribution in [0.2, 0.25) is 0 Å². The number of hydroxylamine groups is 3. The maximum Gasteiger partial charge on any atom is 0.421 e. The molecule has 1 fully saturated rings. The first-order chi connectivity index (χ1) is 15.5. The minimum atomic E-state index is -0.979. The van der Waals surface area contributed by atoms with Crippen LogP contribution in [0.25, 0.3) is 10.9 Å². The number of benzene rings is 2. The van der Waals surface area contributed by atoms with E-state index in [1.165, 1.54) is 7.11 Å². The van der Waals surface area contributed by atoms with E-state index in [-0.39, 0.29) is 19.0 Å². The highest BCUT2D eigenvalue weighted by Gasteiger charge is 2.34. The summed E-state index contributed by atoms with van der Waals surface area (Å²) in [5.74, 6) is 1.61. The first-order valence-corrected chi connectivity index (χ1v) is 10.3. The molecule has 0 unspecified atom stereocenters. The zero-order chi connectivity index (χ0) is 22.7. The molecule has 1 N–H and O–H groups in total. The van der Waals surface area contributed by atoms with Gasteiger partial charge in [0.25, 0.3) is 0 Å². The first kappa shape index (κ1) is 21.7. The number of carbonyl (C=O) groups excluding carboxylic acids is 1. The number of anilines is 2. The largest absolute Gasteiger partial charge is 0.624 e. The fraction of sp³-hybridized carbons (Fsp3) is 0.304. The number of piperazine rings is 1. The molecule has 1 aliphatic rings. The van der Waals surface area contributed by atoms with Crippen molar-refractivity contribution in [3.8, 4) is 17.4 Å². The lowest BCUT2D eigenvalue weighted by Gasteiger charge is -2.45. The van der Waals surface area contributed by atoms with Gasteiger partial charge in [-0.1, -0.05) is 18.2 Å². The number of para-hydroxylation sites is 1. The Hall–Kier alpha value is -3.56. The predicted octanol–water partition coefficient (Wildman–Crippen LogP) is 3.63. The number of amides is 2. The molecule has 0 bridgehead atoms. The van der Waals surface area contributed by atoms with E-state index in [1.807, 2.05) is 41.3 Å². The number of ether oxygens (including phenoxy) is 3. The van der Waals surface area contributed by atoms with Gasteiger partial charge in [0.05, 0.1) is 39.9 Å². The van der Waals surface area contributed by atoms with Crippen LogP contribution < -0.4 is 24.4 Å². The van der Waals surface area contributed by atoms with Gasteiger partial charge in [0.1, 0.15) is 30.3 Å². The second kappa shape index (κ2) is 8.89. The fourth-order valence-corrected chi connectivity index (χ4v) is 3.78. The van der Waals surface area contributed by atoms with Crippen molar-refractivity contribution in [3.05, 3.63) is 53.7 Å². The second-order valence-corrected chi connectivity index (χ2v) is 7.56. The molecule has 9 heteroatoms. The van der Waals surface area contributed by atoms with Crippen LogP contribution in [0.3, 0.4) is 0 Å². The van der Waals surface area contributed by atoms with E-state index in [1.54, 1.807) is 26.4 Å². The number of nitrogens with zero attached hydrogens (tertiary/aromatic N) is 3. The summed E-state index contributed by atoms with van der Waals surface area (Å²) in [6.45, 7) is 1.05. The van der Waals surface area contributed by atoms with Crippen LogP contribution >= 0.6 is 0 Å². The van der Waals surface area contributed by atoms with Crippen LogP contribution in [0.5, 0.6) is 17.4 Å². The van der Waals surface area contributed by atoms with Gasteiger partial charge >= 0.3 is 6.03 Å². The van der Waals surface area contributed by atoms with Crippen molar-refractivity contribution in [1.29, 1.82) is 0 Å². The molecule has 0 aliphatic carbocycles. The topological polar surface area (TPSA) is 96.0 Å². The quantitative estimate of drug-likeness (QED) is 0.480. The highest BCUT2D eigenvalue weighted by atomic mass is 16.6. The third-order valence-electron chi connectivity index (χ3n) is 5.66. The first-order valence-electron chi connectivity index (χ1n) is 10.3.